The second-order valence-electron chi connectivity index (χ2n) is 5.27. The van der Waals surface area contributed by atoms with Gasteiger partial charge in [0.25, 0.3) is 0 Å². The van der Waals surface area contributed by atoms with E-state index in [-0.39, 0.29) is 0 Å². The van der Waals surface area contributed by atoms with E-state index in [1.54, 1.807) is 12.7 Å². The van der Waals surface area contributed by atoms with Gasteiger partial charge in [0.1, 0.15) is 12.7 Å². The quantitative estimate of drug-likeness (QED) is 0.914. The van der Waals surface area contributed by atoms with Crippen molar-refractivity contribution in [3.05, 3.63) is 42.5 Å². The first-order chi connectivity index (χ1) is 9.40. The molecule has 1 aliphatic carbocycles. The van der Waals surface area contributed by atoms with Crippen LogP contribution in [0.1, 0.15) is 37.7 Å². The Labute approximate surface area is 113 Å². The zero-order valence-electron chi connectivity index (χ0n) is 11.1. The van der Waals surface area contributed by atoms with Crippen LogP contribution in [0.3, 0.4) is 0 Å². The third-order valence-corrected chi connectivity index (χ3v) is 3.74. The number of nitrogens with one attached hydrogen (secondary N) is 1. The molecule has 1 N–H and O–H groups in total. The molecule has 0 amide bonds. The Hall–Kier alpha value is -1.84. The number of hydrogen-bond donors (Lipinski definition) is 1. The van der Waals surface area contributed by atoms with Crippen molar-refractivity contribution in [2.45, 2.75) is 44.7 Å². The van der Waals surface area contributed by atoms with Crippen molar-refractivity contribution in [2.24, 2.45) is 0 Å². The molecule has 4 nitrogen and oxygen atoms in total. The predicted molar refractivity (Wildman–Crippen MR) is 76.1 cm³/mol. The molecule has 0 unspecified atom stereocenters. The minimum Gasteiger partial charge on any atom is -0.382 e. The molecule has 1 aromatic carbocycles. The summed E-state index contributed by atoms with van der Waals surface area (Å²) in [6, 6.07) is 9.32. The molecule has 0 spiro atoms. The first-order valence-electron chi connectivity index (χ1n) is 7.08. The van der Waals surface area contributed by atoms with Crippen LogP contribution < -0.4 is 5.32 Å². The zero-order chi connectivity index (χ0) is 12.9. The van der Waals surface area contributed by atoms with Gasteiger partial charge in [-0.3, -0.25) is 0 Å². The van der Waals surface area contributed by atoms with Crippen LogP contribution in [0.15, 0.2) is 36.9 Å². The van der Waals surface area contributed by atoms with Gasteiger partial charge in [-0.05, 0) is 30.5 Å². The molecule has 0 bridgehead atoms. The molecule has 0 aliphatic heterocycles. The van der Waals surface area contributed by atoms with Crippen molar-refractivity contribution < 1.29 is 0 Å². The van der Waals surface area contributed by atoms with E-state index in [4.69, 9.17) is 0 Å². The van der Waals surface area contributed by atoms with Gasteiger partial charge in [-0.15, -0.1) is 0 Å². The van der Waals surface area contributed by atoms with Gasteiger partial charge in [0.2, 0.25) is 0 Å². The Morgan fingerprint density at radius 3 is 2.58 bits per heavy atom. The van der Waals surface area contributed by atoms with Crippen LogP contribution in [0.2, 0.25) is 0 Å². The summed E-state index contributed by atoms with van der Waals surface area (Å²) in [6.45, 7) is 0.781. The third-order valence-electron chi connectivity index (χ3n) is 3.74. The van der Waals surface area contributed by atoms with Crippen molar-refractivity contribution in [3.63, 3.8) is 0 Å². The lowest BCUT2D eigenvalue weighted by molar-refractivity contribution is 0.463. The first-order valence-corrected chi connectivity index (χ1v) is 7.08. The predicted octanol–water partition coefficient (Wildman–Crippen LogP) is 3.07. The van der Waals surface area contributed by atoms with E-state index in [0.717, 1.165) is 6.54 Å². The minimum absolute atomic E-state index is 0.662. The lowest BCUT2D eigenvalue weighted by Crippen LogP contribution is -2.22. The summed E-state index contributed by atoms with van der Waals surface area (Å²) in [5.41, 5.74) is 2.48. The normalized spacial score (nSPS) is 16.4. The van der Waals surface area contributed by atoms with Crippen molar-refractivity contribution in [1.29, 1.82) is 0 Å². The van der Waals surface area contributed by atoms with Crippen molar-refractivity contribution in [3.8, 4) is 0 Å². The number of rotatable bonds is 4. The highest BCUT2D eigenvalue weighted by atomic mass is 15.3. The standard InChI is InChI=1S/C15H20N4/c1-2-4-14(5-3-1)18-15-8-6-13(7-9-15)10-19-12-16-11-17-19/h6-9,11-12,14,18H,1-5,10H2. The van der Waals surface area contributed by atoms with E-state index in [0.29, 0.717) is 6.04 Å². The van der Waals surface area contributed by atoms with Crippen LogP contribution in [-0.4, -0.2) is 20.8 Å². The van der Waals surface area contributed by atoms with Crippen LogP contribution in [-0.2, 0) is 6.54 Å². The van der Waals surface area contributed by atoms with E-state index in [2.05, 4.69) is 39.7 Å². The van der Waals surface area contributed by atoms with E-state index < -0.39 is 0 Å². The Morgan fingerprint density at radius 2 is 1.89 bits per heavy atom. The maximum atomic E-state index is 4.12. The molecule has 2 aromatic rings. The summed E-state index contributed by atoms with van der Waals surface area (Å²) in [5, 5.41) is 7.75. The van der Waals surface area contributed by atoms with Gasteiger partial charge >= 0.3 is 0 Å². The number of anilines is 1. The summed E-state index contributed by atoms with van der Waals surface area (Å²) in [6.07, 6.45) is 10.0. The summed E-state index contributed by atoms with van der Waals surface area (Å²) in [5.74, 6) is 0. The maximum Gasteiger partial charge on any atom is 0.137 e. The molecule has 0 saturated heterocycles. The van der Waals surface area contributed by atoms with Gasteiger partial charge in [0, 0.05) is 11.7 Å². The van der Waals surface area contributed by atoms with Crippen LogP contribution in [0.4, 0.5) is 5.69 Å². The molecule has 1 aliphatic rings. The zero-order valence-corrected chi connectivity index (χ0v) is 11.1. The summed E-state index contributed by atoms with van der Waals surface area (Å²) >= 11 is 0. The minimum atomic E-state index is 0.662. The van der Waals surface area contributed by atoms with E-state index in [1.807, 2.05) is 4.68 Å². The summed E-state index contributed by atoms with van der Waals surface area (Å²) in [7, 11) is 0. The fourth-order valence-electron chi connectivity index (χ4n) is 2.69. The Kier molecular flexibility index (Phi) is 3.77. The van der Waals surface area contributed by atoms with Gasteiger partial charge in [-0.2, -0.15) is 5.10 Å². The summed E-state index contributed by atoms with van der Waals surface area (Å²) < 4.78 is 1.84. The van der Waals surface area contributed by atoms with Gasteiger partial charge < -0.3 is 5.32 Å². The van der Waals surface area contributed by atoms with Gasteiger partial charge in [-0.1, -0.05) is 31.4 Å². The van der Waals surface area contributed by atoms with Crippen molar-refractivity contribution >= 4 is 5.69 Å². The van der Waals surface area contributed by atoms with Crippen LogP contribution in [0, 0.1) is 0 Å². The molecule has 3 rings (SSSR count). The van der Waals surface area contributed by atoms with Gasteiger partial charge in [-0.25, -0.2) is 9.67 Å². The molecule has 4 heteroatoms. The molecule has 1 aromatic heterocycles. The molecular weight excluding hydrogens is 236 g/mol. The van der Waals surface area contributed by atoms with Crippen LogP contribution in [0.5, 0.6) is 0 Å². The number of benzene rings is 1. The van der Waals surface area contributed by atoms with E-state index >= 15 is 0 Å². The highest BCUT2D eigenvalue weighted by Gasteiger charge is 2.12. The smallest absolute Gasteiger partial charge is 0.137 e. The molecular formula is C15H20N4. The van der Waals surface area contributed by atoms with Crippen LogP contribution >= 0.6 is 0 Å². The van der Waals surface area contributed by atoms with Gasteiger partial charge in [0.15, 0.2) is 0 Å². The van der Waals surface area contributed by atoms with E-state index in [9.17, 15) is 0 Å². The molecule has 1 heterocycles. The molecule has 0 atom stereocenters. The summed E-state index contributed by atoms with van der Waals surface area (Å²) in [4.78, 5) is 3.95. The molecule has 1 fully saturated rings. The fraction of sp³-hybridized carbons (Fsp3) is 0.467. The second-order valence-corrected chi connectivity index (χ2v) is 5.27. The lowest BCUT2D eigenvalue weighted by Gasteiger charge is -2.23. The van der Waals surface area contributed by atoms with E-state index in [1.165, 1.54) is 43.4 Å². The third kappa shape index (κ3) is 3.34. The highest BCUT2D eigenvalue weighted by Crippen LogP contribution is 2.21. The number of aromatic nitrogens is 3. The number of hydrogen-bond acceptors (Lipinski definition) is 3. The Morgan fingerprint density at radius 1 is 1.11 bits per heavy atom. The fourth-order valence-corrected chi connectivity index (χ4v) is 2.69. The Bertz CT molecular complexity index is 483. The maximum absolute atomic E-state index is 4.12. The molecule has 0 radical (unpaired) electrons. The SMILES string of the molecule is c1ncn(Cc2ccc(NC3CCCCC3)cc2)n1. The van der Waals surface area contributed by atoms with Crippen molar-refractivity contribution in [2.75, 3.05) is 5.32 Å². The van der Waals surface area contributed by atoms with Crippen LogP contribution in [0.25, 0.3) is 0 Å². The first kappa shape index (κ1) is 12.2. The largest absolute Gasteiger partial charge is 0.382 e. The lowest BCUT2D eigenvalue weighted by atomic mass is 9.95. The monoisotopic (exact) mass is 256 g/mol. The molecule has 100 valence electrons. The molecule has 1 saturated carbocycles. The molecule has 19 heavy (non-hydrogen) atoms. The average Bonchev–Trinajstić information content (AvgIpc) is 2.95. The average molecular weight is 256 g/mol. The topological polar surface area (TPSA) is 42.7 Å². The number of nitrogens with zero attached hydrogens (tertiary/aromatic N) is 3. The Balaban J connectivity index is 1.58. The second kappa shape index (κ2) is 5.87. The van der Waals surface area contributed by atoms with Crippen molar-refractivity contribution in [1.82, 2.24) is 14.8 Å². The highest BCUT2D eigenvalue weighted by molar-refractivity contribution is 5.45. The van der Waals surface area contributed by atoms with Gasteiger partial charge in [0.05, 0.1) is 6.54 Å².